The summed E-state index contributed by atoms with van der Waals surface area (Å²) >= 11 is 0. The lowest BCUT2D eigenvalue weighted by atomic mass is 9.73. The maximum absolute atomic E-state index is 13.2. The van der Waals surface area contributed by atoms with Gasteiger partial charge in [-0.05, 0) is 37.8 Å². The van der Waals surface area contributed by atoms with Crippen LogP contribution in [0.5, 0.6) is 0 Å². The SMILES string of the molecule is CC(C#N)[C@]1(C(=O)N2CCc3ncc(C(F)(F)F)cc3C2)CC[C@@H](N)C1. The van der Waals surface area contributed by atoms with Crippen LogP contribution < -0.4 is 5.73 Å². The number of fused-ring (bicyclic) bond motifs is 1. The molecule has 1 saturated carbocycles. The first-order chi connectivity index (χ1) is 12.2. The third-order valence-corrected chi connectivity index (χ3v) is 5.69. The summed E-state index contributed by atoms with van der Waals surface area (Å²) in [6.07, 6.45) is -1.59. The second-order valence-electron chi connectivity index (χ2n) is 7.31. The predicted octanol–water partition coefficient (Wildman–Crippen LogP) is 2.64. The Balaban J connectivity index is 1.87. The van der Waals surface area contributed by atoms with Crippen molar-refractivity contribution in [1.29, 1.82) is 5.26 Å². The number of alkyl halides is 3. The molecule has 0 radical (unpaired) electrons. The van der Waals surface area contributed by atoms with E-state index < -0.39 is 23.1 Å². The molecule has 0 bridgehead atoms. The Bertz CT molecular complexity index is 758. The van der Waals surface area contributed by atoms with Crippen LogP contribution in [0.25, 0.3) is 0 Å². The Hall–Kier alpha value is -2.14. The molecule has 3 atom stereocenters. The molecule has 1 aromatic rings. The third-order valence-electron chi connectivity index (χ3n) is 5.69. The number of pyridine rings is 1. The molecule has 140 valence electrons. The summed E-state index contributed by atoms with van der Waals surface area (Å²) in [4.78, 5) is 18.7. The van der Waals surface area contributed by atoms with Crippen molar-refractivity contribution < 1.29 is 18.0 Å². The number of nitrogens with two attached hydrogens (primary N) is 1. The average Bonchev–Trinajstić information content (AvgIpc) is 3.01. The predicted molar refractivity (Wildman–Crippen MR) is 87.4 cm³/mol. The van der Waals surface area contributed by atoms with Gasteiger partial charge in [0.1, 0.15) is 0 Å². The number of amides is 1. The summed E-state index contributed by atoms with van der Waals surface area (Å²) in [5, 5.41) is 9.38. The van der Waals surface area contributed by atoms with E-state index in [9.17, 15) is 23.2 Å². The number of hydrogen-bond donors (Lipinski definition) is 1. The Morgan fingerprint density at radius 1 is 1.54 bits per heavy atom. The Kier molecular flexibility index (Phi) is 4.69. The molecule has 1 aliphatic carbocycles. The van der Waals surface area contributed by atoms with Crippen LogP contribution in [0.3, 0.4) is 0 Å². The largest absolute Gasteiger partial charge is 0.417 e. The summed E-state index contributed by atoms with van der Waals surface area (Å²) in [5.74, 6) is -0.674. The van der Waals surface area contributed by atoms with Crippen LogP contribution in [0.1, 0.15) is 43.0 Å². The van der Waals surface area contributed by atoms with Gasteiger partial charge in [0.05, 0.1) is 23.0 Å². The second kappa shape index (κ2) is 6.54. The summed E-state index contributed by atoms with van der Waals surface area (Å²) in [7, 11) is 0. The van der Waals surface area contributed by atoms with Gasteiger partial charge in [0.15, 0.2) is 0 Å². The van der Waals surface area contributed by atoms with Crippen molar-refractivity contribution in [3.63, 3.8) is 0 Å². The van der Waals surface area contributed by atoms with E-state index in [0.29, 0.717) is 43.5 Å². The second-order valence-corrected chi connectivity index (χ2v) is 7.31. The normalized spacial score (nSPS) is 26.9. The molecule has 1 aromatic heterocycles. The molecule has 2 aliphatic rings. The number of nitriles is 1. The van der Waals surface area contributed by atoms with E-state index in [1.54, 1.807) is 11.8 Å². The van der Waals surface area contributed by atoms with Crippen LogP contribution in [-0.2, 0) is 23.9 Å². The molecule has 2 N–H and O–H groups in total. The quantitative estimate of drug-likeness (QED) is 0.872. The van der Waals surface area contributed by atoms with Gasteiger partial charge in [0.2, 0.25) is 5.91 Å². The fourth-order valence-electron chi connectivity index (χ4n) is 4.08. The molecule has 3 rings (SSSR count). The minimum atomic E-state index is -4.47. The van der Waals surface area contributed by atoms with Crippen LogP contribution in [-0.4, -0.2) is 28.4 Å². The molecule has 8 heteroatoms. The average molecular weight is 366 g/mol. The maximum atomic E-state index is 13.2. The lowest BCUT2D eigenvalue weighted by Crippen LogP contribution is -2.48. The highest BCUT2D eigenvalue weighted by Crippen LogP contribution is 2.46. The van der Waals surface area contributed by atoms with E-state index in [1.165, 1.54) is 0 Å². The minimum Gasteiger partial charge on any atom is -0.337 e. The first-order valence-corrected chi connectivity index (χ1v) is 8.67. The summed E-state index contributed by atoms with van der Waals surface area (Å²) in [5.41, 5.74) is 5.35. The van der Waals surface area contributed by atoms with E-state index in [-0.39, 0.29) is 18.5 Å². The number of rotatable bonds is 2. The number of hydrogen-bond acceptors (Lipinski definition) is 4. The van der Waals surface area contributed by atoms with Crippen LogP contribution >= 0.6 is 0 Å². The zero-order valence-corrected chi connectivity index (χ0v) is 14.5. The van der Waals surface area contributed by atoms with Gasteiger partial charge < -0.3 is 10.6 Å². The van der Waals surface area contributed by atoms with Crippen molar-refractivity contribution in [1.82, 2.24) is 9.88 Å². The first kappa shape index (κ1) is 18.6. The standard InChI is InChI=1S/C18H21F3N4O/c1-11(8-22)17(4-2-14(23)7-17)16(26)25-5-3-15-12(10-25)6-13(9-24-15)18(19,20)21/h6,9,11,14H,2-5,7,10,23H2,1H3/t11?,14-,17+/m1/s1. The van der Waals surface area contributed by atoms with Gasteiger partial charge in [0, 0.05) is 37.4 Å². The molecule has 1 fully saturated rings. The Labute approximate surface area is 150 Å². The van der Waals surface area contributed by atoms with E-state index in [0.717, 1.165) is 12.3 Å². The number of nitrogens with zero attached hydrogens (tertiary/aromatic N) is 3. The van der Waals surface area contributed by atoms with Crippen molar-refractivity contribution in [2.24, 2.45) is 17.1 Å². The molecule has 2 heterocycles. The van der Waals surface area contributed by atoms with E-state index in [4.69, 9.17) is 5.73 Å². The van der Waals surface area contributed by atoms with Gasteiger partial charge in [-0.1, -0.05) is 0 Å². The molecule has 0 saturated heterocycles. The maximum Gasteiger partial charge on any atom is 0.417 e. The molecule has 0 aromatic carbocycles. The molecular weight excluding hydrogens is 345 g/mol. The fraction of sp³-hybridized carbons (Fsp3) is 0.611. The molecule has 0 spiro atoms. The number of carbonyl (C=O) groups excluding carboxylic acids is 1. The molecule has 26 heavy (non-hydrogen) atoms. The van der Waals surface area contributed by atoms with Gasteiger partial charge in [0.25, 0.3) is 0 Å². The summed E-state index contributed by atoms with van der Waals surface area (Å²) < 4.78 is 38.8. The van der Waals surface area contributed by atoms with Crippen LogP contribution in [0.2, 0.25) is 0 Å². The highest BCUT2D eigenvalue weighted by Gasteiger charge is 2.50. The van der Waals surface area contributed by atoms with Gasteiger partial charge in [-0.15, -0.1) is 0 Å². The van der Waals surface area contributed by atoms with Crippen LogP contribution in [0.15, 0.2) is 12.3 Å². The molecule has 5 nitrogen and oxygen atoms in total. The zero-order valence-electron chi connectivity index (χ0n) is 14.5. The van der Waals surface area contributed by atoms with Crippen LogP contribution in [0, 0.1) is 22.7 Å². The monoisotopic (exact) mass is 366 g/mol. The number of halogens is 3. The minimum absolute atomic E-state index is 0.0836. The molecule has 1 aliphatic heterocycles. The smallest absolute Gasteiger partial charge is 0.337 e. The van der Waals surface area contributed by atoms with Gasteiger partial charge in [-0.25, -0.2) is 0 Å². The van der Waals surface area contributed by atoms with Crippen molar-refractivity contribution in [3.8, 4) is 6.07 Å². The van der Waals surface area contributed by atoms with Gasteiger partial charge in [-0.2, -0.15) is 18.4 Å². The molecular formula is C18H21F3N4O. The Morgan fingerprint density at radius 2 is 2.27 bits per heavy atom. The van der Waals surface area contributed by atoms with Crippen molar-refractivity contribution in [3.05, 3.63) is 29.1 Å². The number of carbonyl (C=O) groups is 1. The highest BCUT2D eigenvalue weighted by atomic mass is 19.4. The third kappa shape index (κ3) is 3.16. The lowest BCUT2D eigenvalue weighted by molar-refractivity contribution is -0.145. The molecule has 1 amide bonds. The van der Waals surface area contributed by atoms with Crippen molar-refractivity contribution in [2.45, 2.75) is 51.4 Å². The summed E-state index contributed by atoms with van der Waals surface area (Å²) in [6, 6.07) is 3.11. The van der Waals surface area contributed by atoms with E-state index in [2.05, 4.69) is 11.1 Å². The van der Waals surface area contributed by atoms with Gasteiger partial charge >= 0.3 is 6.18 Å². The van der Waals surface area contributed by atoms with Gasteiger partial charge in [-0.3, -0.25) is 9.78 Å². The van der Waals surface area contributed by atoms with Crippen LogP contribution in [0.4, 0.5) is 13.2 Å². The van der Waals surface area contributed by atoms with E-state index in [1.807, 2.05) is 0 Å². The zero-order chi connectivity index (χ0) is 19.1. The first-order valence-electron chi connectivity index (χ1n) is 8.67. The van der Waals surface area contributed by atoms with Crippen molar-refractivity contribution >= 4 is 5.91 Å². The lowest BCUT2D eigenvalue weighted by Gasteiger charge is -2.38. The number of aromatic nitrogens is 1. The topological polar surface area (TPSA) is 83.0 Å². The van der Waals surface area contributed by atoms with E-state index >= 15 is 0 Å². The Morgan fingerprint density at radius 3 is 2.85 bits per heavy atom. The molecule has 1 unspecified atom stereocenters. The summed E-state index contributed by atoms with van der Waals surface area (Å²) in [6.45, 7) is 2.19. The fourth-order valence-corrected chi connectivity index (χ4v) is 4.08. The van der Waals surface area contributed by atoms with Crippen molar-refractivity contribution in [2.75, 3.05) is 6.54 Å². The highest BCUT2D eigenvalue weighted by molar-refractivity contribution is 5.84.